The molecule has 1 aliphatic carbocycles. The van der Waals surface area contributed by atoms with Crippen LogP contribution in [-0.4, -0.2) is 29.6 Å². The van der Waals surface area contributed by atoms with Crippen molar-refractivity contribution in [3.63, 3.8) is 0 Å². The minimum Gasteiger partial charge on any atom is -0.508 e. The van der Waals surface area contributed by atoms with E-state index in [1.54, 1.807) is 19.2 Å². The Morgan fingerprint density at radius 2 is 1.74 bits per heavy atom. The number of nitrogens with zero attached hydrogens (tertiary/aromatic N) is 2. The second kappa shape index (κ2) is 11.5. The van der Waals surface area contributed by atoms with Crippen LogP contribution in [0.15, 0.2) is 113 Å². The monoisotopic (exact) mass is 499 g/mol. The Hall–Kier alpha value is -4.77. The van der Waals surface area contributed by atoms with Gasteiger partial charge in [0.25, 0.3) is 0 Å². The lowest BCUT2D eigenvalue weighted by Crippen LogP contribution is -2.36. The van der Waals surface area contributed by atoms with E-state index in [0.29, 0.717) is 11.5 Å². The lowest BCUT2D eigenvalue weighted by molar-refractivity contribution is -0.119. The maximum Gasteiger partial charge on any atom is 0.229 e. The van der Waals surface area contributed by atoms with E-state index in [2.05, 4.69) is 22.5 Å². The zero-order valence-electron chi connectivity index (χ0n) is 21.3. The summed E-state index contributed by atoms with van der Waals surface area (Å²) < 4.78 is 0. The minimum atomic E-state index is -0.162. The first-order chi connectivity index (χ1) is 18.6. The van der Waals surface area contributed by atoms with Gasteiger partial charge in [-0.05, 0) is 64.6 Å². The number of aryl methyl sites for hydroxylation is 1. The summed E-state index contributed by atoms with van der Waals surface area (Å²) in [5.74, 6) is 0.481. The maximum atomic E-state index is 13.1. The fourth-order valence-corrected chi connectivity index (χ4v) is 4.60. The van der Waals surface area contributed by atoms with Crippen LogP contribution in [0.3, 0.4) is 0 Å². The molecule has 4 aromatic rings. The first kappa shape index (κ1) is 24.9. The second-order valence-corrected chi connectivity index (χ2v) is 9.19. The number of hydrogen-bond donors (Lipinski definition) is 2. The number of amides is 1. The molecule has 5 heteroatoms. The predicted molar refractivity (Wildman–Crippen MR) is 156 cm³/mol. The molecule has 0 radical (unpaired) electrons. The van der Waals surface area contributed by atoms with Crippen molar-refractivity contribution in [1.29, 1.82) is 0 Å². The molecule has 0 heterocycles. The van der Waals surface area contributed by atoms with Gasteiger partial charge in [0.2, 0.25) is 5.91 Å². The van der Waals surface area contributed by atoms with Gasteiger partial charge in [-0.2, -0.15) is 0 Å². The molecule has 5 rings (SSSR count). The second-order valence-electron chi connectivity index (χ2n) is 9.19. The Morgan fingerprint density at radius 1 is 0.947 bits per heavy atom. The normalized spacial score (nSPS) is 13.9. The van der Waals surface area contributed by atoms with Gasteiger partial charge in [0.05, 0.1) is 12.1 Å². The number of carbonyl (C=O) groups is 1. The van der Waals surface area contributed by atoms with Crippen LogP contribution in [0.1, 0.15) is 28.7 Å². The molecule has 38 heavy (non-hydrogen) atoms. The molecule has 0 aliphatic heterocycles. The molecule has 2 N–H and O–H groups in total. The van der Waals surface area contributed by atoms with Crippen molar-refractivity contribution in [1.82, 2.24) is 5.32 Å². The SMILES string of the molecule is CN=C(NC(=O)Cc1ccc2ccccc2c1)C(/C=C/c1ccccc1)=NC1=CCCc2cc(O)ccc21. The summed E-state index contributed by atoms with van der Waals surface area (Å²) in [5, 5.41) is 15.2. The van der Waals surface area contributed by atoms with Crippen LogP contribution in [-0.2, 0) is 17.6 Å². The molecule has 0 saturated carbocycles. The van der Waals surface area contributed by atoms with Crippen molar-refractivity contribution < 1.29 is 9.90 Å². The van der Waals surface area contributed by atoms with Crippen molar-refractivity contribution in [2.24, 2.45) is 9.98 Å². The van der Waals surface area contributed by atoms with Gasteiger partial charge in [0.15, 0.2) is 5.84 Å². The molecule has 0 unspecified atom stereocenters. The summed E-state index contributed by atoms with van der Waals surface area (Å²) in [4.78, 5) is 22.5. The third kappa shape index (κ3) is 5.95. The molecule has 1 aliphatic rings. The van der Waals surface area contributed by atoms with Gasteiger partial charge in [-0.15, -0.1) is 0 Å². The number of rotatable bonds is 6. The Bertz CT molecular complexity index is 1600. The maximum absolute atomic E-state index is 13.1. The van der Waals surface area contributed by atoms with E-state index in [9.17, 15) is 9.90 Å². The minimum absolute atomic E-state index is 0.162. The first-order valence-electron chi connectivity index (χ1n) is 12.7. The molecular formula is C33H29N3O2. The lowest BCUT2D eigenvalue weighted by atomic mass is 9.94. The summed E-state index contributed by atoms with van der Waals surface area (Å²) in [7, 11) is 1.65. The largest absolute Gasteiger partial charge is 0.508 e. The Kier molecular flexibility index (Phi) is 7.55. The van der Waals surface area contributed by atoms with E-state index in [4.69, 9.17) is 4.99 Å². The Morgan fingerprint density at radius 3 is 2.55 bits per heavy atom. The number of nitrogens with one attached hydrogen (secondary N) is 1. The van der Waals surface area contributed by atoms with E-state index < -0.39 is 0 Å². The predicted octanol–water partition coefficient (Wildman–Crippen LogP) is 6.37. The van der Waals surface area contributed by atoms with E-state index >= 15 is 0 Å². The third-order valence-corrected chi connectivity index (χ3v) is 6.49. The van der Waals surface area contributed by atoms with E-state index in [1.807, 2.05) is 84.9 Å². The number of carbonyl (C=O) groups excluding carboxylic acids is 1. The van der Waals surface area contributed by atoms with Gasteiger partial charge in [-0.1, -0.05) is 84.9 Å². The summed E-state index contributed by atoms with van der Waals surface area (Å²) in [5.41, 5.74) is 5.31. The van der Waals surface area contributed by atoms with E-state index in [1.165, 1.54) is 0 Å². The highest BCUT2D eigenvalue weighted by Crippen LogP contribution is 2.30. The fraction of sp³-hybridized carbons (Fsp3) is 0.121. The number of phenolic OH excluding ortho intramolecular Hbond substituents is 1. The Balaban J connectivity index is 1.43. The highest BCUT2D eigenvalue weighted by Gasteiger charge is 2.16. The Labute approximate surface area is 222 Å². The molecule has 0 atom stereocenters. The number of phenols is 1. The number of allylic oxidation sites excluding steroid dienone is 1. The average molecular weight is 500 g/mol. The lowest BCUT2D eigenvalue weighted by Gasteiger charge is -2.16. The molecule has 0 saturated heterocycles. The van der Waals surface area contributed by atoms with E-state index in [0.717, 1.165) is 51.6 Å². The number of benzene rings is 4. The summed E-state index contributed by atoms with van der Waals surface area (Å²) in [6.07, 6.45) is 7.81. The van der Waals surface area contributed by atoms with Gasteiger partial charge in [0, 0.05) is 12.6 Å². The van der Waals surface area contributed by atoms with Crippen LogP contribution in [0.2, 0.25) is 0 Å². The standard InChI is InChI=1S/C33H29N3O2/c1-34-33(36-32(38)21-24-14-16-25-10-5-6-11-26(25)20-24)31(19-15-23-8-3-2-4-9-23)35-30-13-7-12-27-22-28(37)17-18-29(27)30/h2-6,8-11,13-20,22,37H,7,12,21H2,1H3,(H,34,36,38)/b19-15+,35-31?. The summed E-state index contributed by atoms with van der Waals surface area (Å²) in [6, 6.07) is 29.4. The smallest absolute Gasteiger partial charge is 0.229 e. The van der Waals surface area contributed by atoms with Gasteiger partial charge < -0.3 is 10.4 Å². The highest BCUT2D eigenvalue weighted by atomic mass is 16.3. The molecule has 0 aromatic heterocycles. The molecular weight excluding hydrogens is 470 g/mol. The zero-order valence-corrected chi connectivity index (χ0v) is 21.3. The van der Waals surface area contributed by atoms with Gasteiger partial charge in [-0.3, -0.25) is 9.79 Å². The van der Waals surface area contributed by atoms with Crippen LogP contribution in [0.25, 0.3) is 22.5 Å². The number of aliphatic imine (C=N–C) groups is 2. The fourth-order valence-electron chi connectivity index (χ4n) is 4.60. The topological polar surface area (TPSA) is 74.0 Å². The number of hydrogen-bond acceptors (Lipinski definition) is 4. The molecule has 4 aromatic carbocycles. The van der Waals surface area contributed by atoms with Crippen molar-refractivity contribution in [2.75, 3.05) is 7.05 Å². The number of fused-ring (bicyclic) bond motifs is 2. The van der Waals surface area contributed by atoms with Crippen molar-refractivity contribution >= 4 is 40.0 Å². The molecule has 5 nitrogen and oxygen atoms in total. The van der Waals surface area contributed by atoms with Gasteiger partial charge in [0.1, 0.15) is 11.5 Å². The first-order valence-corrected chi connectivity index (χ1v) is 12.7. The highest BCUT2D eigenvalue weighted by molar-refractivity contribution is 6.48. The van der Waals surface area contributed by atoms with Crippen LogP contribution < -0.4 is 5.32 Å². The van der Waals surface area contributed by atoms with Gasteiger partial charge in [-0.25, -0.2) is 4.99 Å². The zero-order chi connectivity index (χ0) is 26.3. The van der Waals surface area contributed by atoms with Crippen LogP contribution in [0, 0.1) is 0 Å². The molecule has 188 valence electrons. The number of aromatic hydroxyl groups is 1. The molecule has 0 fully saturated rings. The molecule has 0 spiro atoms. The van der Waals surface area contributed by atoms with Gasteiger partial charge >= 0.3 is 0 Å². The van der Waals surface area contributed by atoms with Crippen molar-refractivity contribution in [3.8, 4) is 5.75 Å². The van der Waals surface area contributed by atoms with E-state index in [-0.39, 0.29) is 18.1 Å². The molecule has 0 bridgehead atoms. The van der Waals surface area contributed by atoms with Crippen molar-refractivity contribution in [2.45, 2.75) is 19.3 Å². The third-order valence-electron chi connectivity index (χ3n) is 6.49. The average Bonchev–Trinajstić information content (AvgIpc) is 2.94. The quantitative estimate of drug-likeness (QED) is 0.239. The summed E-state index contributed by atoms with van der Waals surface area (Å²) >= 11 is 0. The summed E-state index contributed by atoms with van der Waals surface area (Å²) in [6.45, 7) is 0. The van der Waals surface area contributed by atoms with Crippen LogP contribution >= 0.6 is 0 Å². The van der Waals surface area contributed by atoms with Crippen LogP contribution in [0.5, 0.6) is 5.75 Å². The van der Waals surface area contributed by atoms with Crippen LogP contribution in [0.4, 0.5) is 0 Å². The van der Waals surface area contributed by atoms with Crippen molar-refractivity contribution in [3.05, 3.63) is 125 Å². The molecule has 1 amide bonds. The number of amidine groups is 1.